The summed E-state index contributed by atoms with van der Waals surface area (Å²) in [5, 5.41) is 4.21. The second-order valence-corrected chi connectivity index (χ2v) is 8.12. The van der Waals surface area contributed by atoms with Gasteiger partial charge in [-0.1, -0.05) is 67.0 Å². The molecule has 0 N–H and O–H groups in total. The Morgan fingerprint density at radius 1 is 1.16 bits per heavy atom. The molecule has 0 spiro atoms. The minimum absolute atomic E-state index is 0.104. The lowest BCUT2D eigenvalue weighted by atomic mass is 9.93. The molecule has 2 heterocycles. The van der Waals surface area contributed by atoms with Crippen molar-refractivity contribution in [1.29, 1.82) is 0 Å². The molecule has 1 atom stereocenters. The predicted molar refractivity (Wildman–Crippen MR) is 113 cm³/mol. The van der Waals surface area contributed by atoms with Crippen LogP contribution in [0.4, 0.5) is 0 Å². The number of esters is 1. The predicted octanol–water partition coefficient (Wildman–Crippen LogP) is 4.16. The standard InChI is InChI=1S/C23H22ClN3O4/c1-14(2)21-25-20(31-26-21)13-30-23(29)19-11-15-7-3-4-8-16(15)12-27(19)22(28)17-9-5-6-10-18(17)24/h3-10,14,19H,11-13H2,1-2H3/t19-/m0/s1. The summed E-state index contributed by atoms with van der Waals surface area (Å²) in [6, 6.07) is 13.8. The zero-order valence-electron chi connectivity index (χ0n) is 17.2. The van der Waals surface area contributed by atoms with Gasteiger partial charge < -0.3 is 14.2 Å². The van der Waals surface area contributed by atoms with Crippen molar-refractivity contribution in [3.05, 3.63) is 82.0 Å². The monoisotopic (exact) mass is 439 g/mol. The summed E-state index contributed by atoms with van der Waals surface area (Å²) in [7, 11) is 0. The van der Waals surface area contributed by atoms with Crippen molar-refractivity contribution >= 4 is 23.5 Å². The van der Waals surface area contributed by atoms with E-state index in [-0.39, 0.29) is 30.9 Å². The zero-order valence-corrected chi connectivity index (χ0v) is 18.0. The molecular formula is C23H22ClN3O4. The Balaban J connectivity index is 1.57. The van der Waals surface area contributed by atoms with E-state index >= 15 is 0 Å². The van der Waals surface area contributed by atoms with Gasteiger partial charge in [-0.25, -0.2) is 4.79 Å². The average molecular weight is 440 g/mol. The average Bonchev–Trinajstić information content (AvgIpc) is 3.26. The van der Waals surface area contributed by atoms with Crippen molar-refractivity contribution in [1.82, 2.24) is 15.0 Å². The SMILES string of the molecule is CC(C)c1noc(COC(=O)[C@@H]2Cc3ccccc3CN2C(=O)c2ccccc2Cl)n1. The van der Waals surface area contributed by atoms with Crippen molar-refractivity contribution in [2.45, 2.75) is 45.4 Å². The van der Waals surface area contributed by atoms with Crippen LogP contribution in [0.5, 0.6) is 0 Å². The van der Waals surface area contributed by atoms with E-state index in [9.17, 15) is 9.59 Å². The van der Waals surface area contributed by atoms with Gasteiger partial charge in [0.15, 0.2) is 12.4 Å². The summed E-state index contributed by atoms with van der Waals surface area (Å²) >= 11 is 6.24. The number of benzene rings is 2. The maximum Gasteiger partial charge on any atom is 0.329 e. The number of aromatic nitrogens is 2. The molecule has 0 radical (unpaired) electrons. The Hall–Kier alpha value is -3.19. The highest BCUT2D eigenvalue weighted by Gasteiger charge is 2.36. The number of ether oxygens (including phenoxy) is 1. The Kier molecular flexibility index (Phi) is 6.04. The van der Waals surface area contributed by atoms with Gasteiger partial charge >= 0.3 is 5.97 Å². The third-order valence-corrected chi connectivity index (χ3v) is 5.55. The highest BCUT2D eigenvalue weighted by atomic mass is 35.5. The number of amides is 1. The quantitative estimate of drug-likeness (QED) is 0.555. The molecule has 1 aromatic heterocycles. The fourth-order valence-electron chi connectivity index (χ4n) is 3.53. The molecule has 3 aromatic rings. The summed E-state index contributed by atoms with van der Waals surface area (Å²) in [4.78, 5) is 32.0. The summed E-state index contributed by atoms with van der Waals surface area (Å²) in [6.07, 6.45) is 0.353. The van der Waals surface area contributed by atoms with E-state index in [4.69, 9.17) is 20.9 Å². The van der Waals surface area contributed by atoms with Crippen LogP contribution >= 0.6 is 11.6 Å². The first-order chi connectivity index (χ1) is 14.9. The maximum atomic E-state index is 13.3. The highest BCUT2D eigenvalue weighted by Crippen LogP contribution is 2.28. The number of nitrogens with zero attached hydrogens (tertiary/aromatic N) is 3. The number of carbonyl (C=O) groups excluding carboxylic acids is 2. The van der Waals surface area contributed by atoms with Crippen molar-refractivity contribution in [2.24, 2.45) is 0 Å². The van der Waals surface area contributed by atoms with Crippen LogP contribution in [0.15, 0.2) is 53.1 Å². The molecule has 0 saturated heterocycles. The second-order valence-electron chi connectivity index (χ2n) is 7.71. The molecule has 1 aliphatic heterocycles. The van der Waals surface area contributed by atoms with Crippen LogP contribution in [0.25, 0.3) is 0 Å². The lowest BCUT2D eigenvalue weighted by Gasteiger charge is -2.35. The van der Waals surface area contributed by atoms with Gasteiger partial charge in [-0.2, -0.15) is 4.98 Å². The summed E-state index contributed by atoms with van der Waals surface area (Å²) in [5.41, 5.74) is 2.35. The van der Waals surface area contributed by atoms with Crippen molar-refractivity contribution in [2.75, 3.05) is 0 Å². The molecule has 0 aliphatic carbocycles. The van der Waals surface area contributed by atoms with Crippen LogP contribution in [0.1, 0.15) is 53.0 Å². The fourth-order valence-corrected chi connectivity index (χ4v) is 3.74. The first kappa shape index (κ1) is 21.1. The number of hydrogen-bond donors (Lipinski definition) is 0. The van der Waals surface area contributed by atoms with E-state index in [2.05, 4.69) is 10.1 Å². The maximum absolute atomic E-state index is 13.3. The third-order valence-electron chi connectivity index (χ3n) is 5.22. The van der Waals surface area contributed by atoms with Crippen LogP contribution in [0.3, 0.4) is 0 Å². The van der Waals surface area contributed by atoms with E-state index < -0.39 is 12.0 Å². The largest absolute Gasteiger partial charge is 0.454 e. The normalized spacial score (nSPS) is 15.6. The number of rotatable bonds is 5. The zero-order chi connectivity index (χ0) is 22.0. The molecule has 0 saturated carbocycles. The number of hydrogen-bond acceptors (Lipinski definition) is 6. The molecule has 0 unspecified atom stereocenters. The van der Waals surface area contributed by atoms with Gasteiger partial charge in [0, 0.05) is 18.9 Å². The molecule has 1 aliphatic rings. The summed E-state index contributed by atoms with van der Waals surface area (Å²) < 4.78 is 10.6. The van der Waals surface area contributed by atoms with Gasteiger partial charge in [0.05, 0.1) is 10.6 Å². The minimum Gasteiger partial charge on any atom is -0.454 e. The summed E-state index contributed by atoms with van der Waals surface area (Å²) in [5.74, 6) is 0.0262. The van der Waals surface area contributed by atoms with Gasteiger partial charge in [-0.05, 0) is 23.3 Å². The van der Waals surface area contributed by atoms with Crippen molar-refractivity contribution in [3.8, 4) is 0 Å². The number of fused-ring (bicyclic) bond motifs is 1. The first-order valence-corrected chi connectivity index (χ1v) is 10.4. The number of carbonyl (C=O) groups is 2. The molecule has 160 valence electrons. The van der Waals surface area contributed by atoms with Crippen molar-refractivity contribution < 1.29 is 18.8 Å². The second kappa shape index (κ2) is 8.89. The first-order valence-electron chi connectivity index (χ1n) is 10.1. The van der Waals surface area contributed by atoms with E-state index in [0.717, 1.165) is 11.1 Å². The van der Waals surface area contributed by atoms with Gasteiger partial charge in [-0.3, -0.25) is 4.79 Å². The molecule has 8 heteroatoms. The van der Waals surface area contributed by atoms with Gasteiger partial charge in [-0.15, -0.1) is 0 Å². The van der Waals surface area contributed by atoms with E-state index in [1.165, 1.54) is 4.90 Å². The van der Waals surface area contributed by atoms with Gasteiger partial charge in [0.25, 0.3) is 11.8 Å². The fraction of sp³-hybridized carbons (Fsp3) is 0.304. The van der Waals surface area contributed by atoms with Gasteiger partial charge in [0.1, 0.15) is 6.04 Å². The Morgan fingerprint density at radius 2 is 1.87 bits per heavy atom. The third kappa shape index (κ3) is 4.46. The molecule has 0 fully saturated rings. The highest BCUT2D eigenvalue weighted by molar-refractivity contribution is 6.33. The van der Waals surface area contributed by atoms with Crippen LogP contribution in [0.2, 0.25) is 5.02 Å². The molecule has 31 heavy (non-hydrogen) atoms. The lowest BCUT2D eigenvalue weighted by Crippen LogP contribution is -2.49. The molecule has 2 aromatic carbocycles. The molecular weight excluding hydrogens is 418 g/mol. The Bertz CT molecular complexity index is 1110. The van der Waals surface area contributed by atoms with Gasteiger partial charge in [0.2, 0.25) is 0 Å². The molecule has 0 bridgehead atoms. The molecule has 4 rings (SSSR count). The van der Waals surface area contributed by atoms with Crippen LogP contribution in [-0.4, -0.2) is 33.0 Å². The summed E-state index contributed by atoms with van der Waals surface area (Å²) in [6.45, 7) is 4.03. The van der Waals surface area contributed by atoms with Crippen LogP contribution in [0, 0.1) is 0 Å². The molecule has 1 amide bonds. The Labute approximate surface area is 185 Å². The number of halogens is 1. The molecule has 7 nitrogen and oxygen atoms in total. The van der Waals surface area contributed by atoms with Crippen molar-refractivity contribution in [3.63, 3.8) is 0 Å². The smallest absolute Gasteiger partial charge is 0.329 e. The Morgan fingerprint density at radius 3 is 2.58 bits per heavy atom. The lowest BCUT2D eigenvalue weighted by molar-refractivity contribution is -0.151. The van der Waals surface area contributed by atoms with E-state index in [1.54, 1.807) is 24.3 Å². The van der Waals surface area contributed by atoms with Crippen LogP contribution in [-0.2, 0) is 29.1 Å². The topological polar surface area (TPSA) is 85.5 Å². The van der Waals surface area contributed by atoms with E-state index in [0.29, 0.717) is 22.8 Å². The van der Waals surface area contributed by atoms with E-state index in [1.807, 2.05) is 38.1 Å². The minimum atomic E-state index is -0.786. The van der Waals surface area contributed by atoms with Crippen LogP contribution < -0.4 is 0 Å².